The van der Waals surface area contributed by atoms with Crippen LogP contribution in [0, 0.1) is 5.92 Å². The summed E-state index contributed by atoms with van der Waals surface area (Å²) in [6.07, 6.45) is 5.37. The molecule has 2 heteroatoms. The smallest absolute Gasteiger partial charge is 0.0186 e. The molecule has 15 heavy (non-hydrogen) atoms. The van der Waals surface area contributed by atoms with Crippen molar-refractivity contribution in [2.75, 3.05) is 5.75 Å². The Balaban J connectivity index is 2.38. The minimum Gasteiger partial charge on any atom is -0.310 e. The van der Waals surface area contributed by atoms with E-state index in [9.17, 15) is 0 Å². The molecule has 0 aromatic rings. The normalized spacial score (nSPS) is 29.4. The molecule has 1 aliphatic rings. The first-order valence-electron chi connectivity index (χ1n) is 6.56. The minimum absolute atomic E-state index is 0.686. The minimum atomic E-state index is 0.686. The average Bonchev–Trinajstić information content (AvgIpc) is 2.23. The molecule has 1 nitrogen and oxygen atoms in total. The maximum atomic E-state index is 3.85. The van der Waals surface area contributed by atoms with Crippen LogP contribution in [0.1, 0.15) is 53.4 Å². The molecule has 0 bridgehead atoms. The third-order valence-electron chi connectivity index (χ3n) is 3.84. The number of hydrogen-bond donors (Lipinski definition) is 1. The first-order valence-corrected chi connectivity index (χ1v) is 7.61. The van der Waals surface area contributed by atoms with Crippen molar-refractivity contribution in [3.63, 3.8) is 0 Å². The van der Waals surface area contributed by atoms with Crippen molar-refractivity contribution in [1.29, 1.82) is 0 Å². The molecule has 0 aromatic heterocycles. The molecular weight excluding hydrogens is 202 g/mol. The average molecular weight is 229 g/mol. The van der Waals surface area contributed by atoms with E-state index >= 15 is 0 Å². The van der Waals surface area contributed by atoms with Crippen molar-refractivity contribution >= 4 is 11.8 Å². The van der Waals surface area contributed by atoms with Crippen molar-refractivity contribution in [3.8, 4) is 0 Å². The monoisotopic (exact) mass is 229 g/mol. The van der Waals surface area contributed by atoms with E-state index in [1.54, 1.807) is 0 Å². The van der Waals surface area contributed by atoms with E-state index in [2.05, 4.69) is 44.8 Å². The van der Waals surface area contributed by atoms with Gasteiger partial charge < -0.3 is 5.32 Å². The second-order valence-electron chi connectivity index (χ2n) is 4.86. The van der Waals surface area contributed by atoms with Gasteiger partial charge in [0, 0.05) is 17.3 Å². The van der Waals surface area contributed by atoms with Gasteiger partial charge in [0.05, 0.1) is 0 Å². The molecular formula is C13H27NS. The molecule has 3 unspecified atom stereocenters. The second kappa shape index (κ2) is 6.80. The number of hydrogen-bond acceptors (Lipinski definition) is 2. The van der Waals surface area contributed by atoms with Crippen molar-refractivity contribution in [1.82, 2.24) is 5.32 Å². The molecule has 1 saturated heterocycles. The largest absolute Gasteiger partial charge is 0.310 e. The molecule has 1 heterocycles. The highest BCUT2D eigenvalue weighted by Crippen LogP contribution is 2.26. The topological polar surface area (TPSA) is 12.0 Å². The quantitative estimate of drug-likeness (QED) is 0.772. The first-order chi connectivity index (χ1) is 7.19. The van der Waals surface area contributed by atoms with Gasteiger partial charge in [0.1, 0.15) is 0 Å². The van der Waals surface area contributed by atoms with Crippen LogP contribution in [-0.4, -0.2) is 23.1 Å². The van der Waals surface area contributed by atoms with Crippen LogP contribution in [0.25, 0.3) is 0 Å². The van der Waals surface area contributed by atoms with Crippen molar-refractivity contribution in [3.05, 3.63) is 0 Å². The third kappa shape index (κ3) is 3.99. The van der Waals surface area contributed by atoms with Crippen LogP contribution in [0.2, 0.25) is 0 Å². The Hall–Kier alpha value is 0.310. The van der Waals surface area contributed by atoms with Gasteiger partial charge in [0.25, 0.3) is 0 Å². The molecule has 3 atom stereocenters. The molecule has 1 N–H and O–H groups in total. The van der Waals surface area contributed by atoms with E-state index in [4.69, 9.17) is 0 Å². The van der Waals surface area contributed by atoms with Gasteiger partial charge in [-0.25, -0.2) is 0 Å². The summed E-state index contributed by atoms with van der Waals surface area (Å²) in [6.45, 7) is 9.36. The summed E-state index contributed by atoms with van der Waals surface area (Å²) in [4.78, 5) is 0. The van der Waals surface area contributed by atoms with Gasteiger partial charge in [-0.3, -0.25) is 0 Å². The fourth-order valence-electron chi connectivity index (χ4n) is 2.61. The maximum absolute atomic E-state index is 3.85. The number of nitrogens with one attached hydrogen (secondary N) is 1. The fourth-order valence-corrected chi connectivity index (χ4v) is 3.76. The van der Waals surface area contributed by atoms with Gasteiger partial charge in [0.15, 0.2) is 0 Å². The fraction of sp³-hybridized carbons (Fsp3) is 1.00. The Bertz CT molecular complexity index is 168. The third-order valence-corrected chi connectivity index (χ3v) is 5.22. The highest BCUT2D eigenvalue weighted by atomic mass is 32.2. The highest BCUT2D eigenvalue weighted by Gasteiger charge is 2.24. The maximum Gasteiger partial charge on any atom is 0.0186 e. The predicted octanol–water partition coefficient (Wildman–Crippen LogP) is 3.68. The summed E-state index contributed by atoms with van der Waals surface area (Å²) in [7, 11) is 0. The molecule has 0 radical (unpaired) electrons. The summed E-state index contributed by atoms with van der Waals surface area (Å²) >= 11 is 2.13. The van der Waals surface area contributed by atoms with E-state index < -0.39 is 0 Å². The molecule has 0 aliphatic carbocycles. The SMILES string of the molecule is CCC(CC)C(C)NC1CCCSC1C. The van der Waals surface area contributed by atoms with Crippen LogP contribution in [0.5, 0.6) is 0 Å². The molecule has 1 rings (SSSR count). The Kier molecular flexibility index (Phi) is 6.06. The second-order valence-corrected chi connectivity index (χ2v) is 6.34. The molecule has 1 aliphatic heterocycles. The van der Waals surface area contributed by atoms with E-state index in [0.29, 0.717) is 6.04 Å². The zero-order valence-electron chi connectivity index (χ0n) is 10.8. The number of thioether (sulfide) groups is 1. The van der Waals surface area contributed by atoms with Gasteiger partial charge in [-0.15, -0.1) is 0 Å². The summed E-state index contributed by atoms with van der Waals surface area (Å²) < 4.78 is 0. The van der Waals surface area contributed by atoms with Crippen LogP contribution in [0.3, 0.4) is 0 Å². The summed E-state index contributed by atoms with van der Waals surface area (Å²) in [5, 5.41) is 4.65. The molecule has 0 amide bonds. The van der Waals surface area contributed by atoms with Crippen LogP contribution >= 0.6 is 11.8 Å². The lowest BCUT2D eigenvalue weighted by Gasteiger charge is -2.34. The Morgan fingerprint density at radius 2 is 2.00 bits per heavy atom. The van der Waals surface area contributed by atoms with E-state index in [1.165, 1.54) is 31.4 Å². The lowest BCUT2D eigenvalue weighted by atomic mass is 9.94. The Labute approximate surface area is 99.8 Å². The van der Waals surface area contributed by atoms with Crippen LogP contribution < -0.4 is 5.32 Å². The van der Waals surface area contributed by atoms with Crippen molar-refractivity contribution in [2.24, 2.45) is 5.92 Å². The highest BCUT2D eigenvalue weighted by molar-refractivity contribution is 7.99. The number of rotatable bonds is 5. The van der Waals surface area contributed by atoms with Gasteiger partial charge in [-0.1, -0.05) is 33.6 Å². The molecule has 0 spiro atoms. The zero-order valence-corrected chi connectivity index (χ0v) is 11.6. The molecule has 90 valence electrons. The Morgan fingerprint density at radius 1 is 1.33 bits per heavy atom. The first kappa shape index (κ1) is 13.4. The standard InChI is InChI=1S/C13H27NS/c1-5-12(6-2)10(3)14-13-8-7-9-15-11(13)4/h10-14H,5-9H2,1-4H3. The van der Waals surface area contributed by atoms with Crippen molar-refractivity contribution < 1.29 is 0 Å². The predicted molar refractivity (Wildman–Crippen MR) is 71.6 cm³/mol. The lowest BCUT2D eigenvalue weighted by Crippen LogP contribution is -2.46. The van der Waals surface area contributed by atoms with Gasteiger partial charge in [0.2, 0.25) is 0 Å². The molecule has 0 saturated carbocycles. The summed E-state index contributed by atoms with van der Waals surface area (Å²) in [5.74, 6) is 2.21. The summed E-state index contributed by atoms with van der Waals surface area (Å²) in [6, 6.07) is 1.44. The zero-order chi connectivity index (χ0) is 11.3. The van der Waals surface area contributed by atoms with E-state index in [0.717, 1.165) is 17.2 Å². The van der Waals surface area contributed by atoms with Crippen molar-refractivity contribution in [2.45, 2.75) is 70.7 Å². The van der Waals surface area contributed by atoms with Crippen LogP contribution in [0.4, 0.5) is 0 Å². The summed E-state index contributed by atoms with van der Waals surface area (Å²) in [5.41, 5.74) is 0. The lowest BCUT2D eigenvalue weighted by molar-refractivity contribution is 0.308. The van der Waals surface area contributed by atoms with Crippen LogP contribution in [0.15, 0.2) is 0 Å². The van der Waals surface area contributed by atoms with E-state index in [-0.39, 0.29) is 0 Å². The van der Waals surface area contributed by atoms with Gasteiger partial charge >= 0.3 is 0 Å². The molecule has 1 fully saturated rings. The van der Waals surface area contributed by atoms with Gasteiger partial charge in [-0.2, -0.15) is 11.8 Å². The van der Waals surface area contributed by atoms with E-state index in [1.807, 2.05) is 0 Å². The Morgan fingerprint density at radius 3 is 2.53 bits per heavy atom. The van der Waals surface area contributed by atoms with Crippen LogP contribution in [-0.2, 0) is 0 Å². The molecule has 0 aromatic carbocycles. The van der Waals surface area contributed by atoms with Gasteiger partial charge in [-0.05, 0) is 31.4 Å².